The quantitative estimate of drug-likeness (QED) is 0.223. The molecule has 0 fully saturated rings. The number of carbonyl (C=O) groups excluding carboxylic acids is 1. The molecule has 0 heterocycles. The molecule has 0 aromatic heterocycles. The van der Waals surface area contributed by atoms with E-state index in [1.54, 1.807) is 0 Å². The molecule has 2 nitrogen and oxygen atoms in total. The fourth-order valence-corrected chi connectivity index (χ4v) is 2.89. The van der Waals surface area contributed by atoms with Gasteiger partial charge >= 0.3 is 5.97 Å². The Balaban J connectivity index is 3.06. The molecule has 0 aliphatic carbocycles. The summed E-state index contributed by atoms with van der Waals surface area (Å²) < 4.78 is 5.30. The zero-order chi connectivity index (χ0) is 10.8. The van der Waals surface area contributed by atoms with Gasteiger partial charge in [-0.05, 0) is 6.42 Å². The Bertz CT molecular complexity index is 174. The zero-order valence-corrected chi connectivity index (χ0v) is 12.1. The van der Waals surface area contributed by atoms with Crippen LogP contribution in [0.3, 0.4) is 0 Å². The molecule has 0 aromatic rings. The van der Waals surface area contributed by atoms with Crippen LogP contribution in [0.15, 0.2) is 12.7 Å². The van der Waals surface area contributed by atoms with E-state index in [9.17, 15) is 4.79 Å². The third-order valence-electron chi connectivity index (χ3n) is 1.53. The van der Waals surface area contributed by atoms with Crippen LogP contribution in [0.2, 0.25) is 6.04 Å². The standard InChI is InChI=1S/C9H14Br2O2Si/c1-2-8(12)13-6-4-3-5-7-14-9(10)11/h2,9H,1,3-7H2. The molecule has 0 unspecified atom stereocenters. The van der Waals surface area contributed by atoms with Crippen molar-refractivity contribution in [1.82, 2.24) is 0 Å². The van der Waals surface area contributed by atoms with Gasteiger partial charge < -0.3 is 4.74 Å². The molecule has 0 spiro atoms. The molecule has 0 aliphatic heterocycles. The predicted octanol–water partition coefficient (Wildman–Crippen LogP) is 3.08. The largest absolute Gasteiger partial charge is 0.463 e. The second-order valence-electron chi connectivity index (χ2n) is 2.69. The number of halogens is 2. The summed E-state index contributed by atoms with van der Waals surface area (Å²) in [5, 5.41) is 0. The number of hydrogen-bond acceptors (Lipinski definition) is 2. The Labute approximate surface area is 105 Å². The van der Waals surface area contributed by atoms with E-state index in [4.69, 9.17) is 4.74 Å². The number of carbonyl (C=O) groups is 1. The van der Waals surface area contributed by atoms with Gasteiger partial charge in [-0.15, -0.1) is 0 Å². The molecular formula is C9H14Br2O2Si. The van der Waals surface area contributed by atoms with Crippen molar-refractivity contribution in [2.45, 2.75) is 28.7 Å². The summed E-state index contributed by atoms with van der Waals surface area (Å²) in [4.78, 5) is 10.6. The van der Waals surface area contributed by atoms with Crippen LogP contribution in [-0.2, 0) is 9.53 Å². The monoisotopic (exact) mass is 340 g/mol. The lowest BCUT2D eigenvalue weighted by molar-refractivity contribution is -0.137. The first-order valence-electron chi connectivity index (χ1n) is 4.47. The molecule has 5 heteroatoms. The molecule has 0 atom stereocenters. The molecule has 2 radical (unpaired) electrons. The molecule has 14 heavy (non-hydrogen) atoms. The van der Waals surface area contributed by atoms with Crippen LogP contribution in [0.1, 0.15) is 19.3 Å². The summed E-state index contributed by atoms with van der Waals surface area (Å²) in [6.07, 6.45) is 4.45. The SMILES string of the molecule is C=CC(=O)OCCCCC[Si]C(Br)Br. The Morgan fingerprint density at radius 3 is 2.71 bits per heavy atom. The first kappa shape index (κ1) is 14.4. The fourth-order valence-electron chi connectivity index (χ4n) is 0.847. The summed E-state index contributed by atoms with van der Waals surface area (Å²) in [5.74, 6) is -0.326. The Morgan fingerprint density at radius 1 is 1.43 bits per heavy atom. The summed E-state index contributed by atoms with van der Waals surface area (Å²) in [5.41, 5.74) is 0. The highest BCUT2D eigenvalue weighted by Crippen LogP contribution is 2.10. The normalized spacial score (nSPS) is 10.2. The van der Waals surface area contributed by atoms with E-state index >= 15 is 0 Å². The first-order chi connectivity index (χ1) is 6.66. The van der Waals surface area contributed by atoms with Crippen molar-refractivity contribution in [2.75, 3.05) is 6.61 Å². The van der Waals surface area contributed by atoms with Crippen molar-refractivity contribution in [3.63, 3.8) is 0 Å². The van der Waals surface area contributed by atoms with Crippen LogP contribution in [0.5, 0.6) is 0 Å². The number of ether oxygens (including phenoxy) is 1. The molecule has 80 valence electrons. The van der Waals surface area contributed by atoms with Gasteiger partial charge in [0.2, 0.25) is 0 Å². The van der Waals surface area contributed by atoms with Gasteiger partial charge in [-0.3, -0.25) is 0 Å². The maximum Gasteiger partial charge on any atom is 0.330 e. The highest BCUT2D eigenvalue weighted by molar-refractivity contribution is 9.25. The van der Waals surface area contributed by atoms with Crippen molar-refractivity contribution in [3.05, 3.63) is 12.7 Å². The topological polar surface area (TPSA) is 26.3 Å². The number of esters is 1. The van der Waals surface area contributed by atoms with E-state index in [-0.39, 0.29) is 5.97 Å². The highest BCUT2D eigenvalue weighted by Gasteiger charge is 1.99. The number of alkyl halides is 2. The van der Waals surface area contributed by atoms with E-state index in [1.165, 1.54) is 18.5 Å². The molecular weight excluding hydrogens is 328 g/mol. The van der Waals surface area contributed by atoms with Crippen LogP contribution < -0.4 is 0 Å². The zero-order valence-electron chi connectivity index (χ0n) is 7.97. The average Bonchev–Trinajstić information content (AvgIpc) is 2.15. The van der Waals surface area contributed by atoms with Crippen LogP contribution in [0, 0.1) is 0 Å². The molecule has 0 bridgehead atoms. The molecule has 0 rings (SSSR count). The van der Waals surface area contributed by atoms with Gasteiger partial charge in [0.25, 0.3) is 0 Å². The minimum absolute atomic E-state index is 0.326. The number of unbranched alkanes of at least 4 members (excludes halogenated alkanes) is 2. The molecule has 0 N–H and O–H groups in total. The van der Waals surface area contributed by atoms with Crippen molar-refractivity contribution in [1.29, 1.82) is 0 Å². The predicted molar refractivity (Wildman–Crippen MR) is 67.2 cm³/mol. The smallest absolute Gasteiger partial charge is 0.330 e. The lowest BCUT2D eigenvalue weighted by Gasteiger charge is -2.02. The molecule has 0 amide bonds. The Hall–Kier alpha value is 0.387. The van der Waals surface area contributed by atoms with Gasteiger partial charge in [-0.1, -0.05) is 57.3 Å². The van der Waals surface area contributed by atoms with Crippen molar-refractivity contribution < 1.29 is 9.53 Å². The van der Waals surface area contributed by atoms with Crippen LogP contribution in [-0.4, -0.2) is 25.5 Å². The van der Waals surface area contributed by atoms with E-state index in [2.05, 4.69) is 38.4 Å². The van der Waals surface area contributed by atoms with Gasteiger partial charge in [0.05, 0.1) is 19.5 Å². The first-order valence-corrected chi connectivity index (χ1v) is 7.59. The Morgan fingerprint density at radius 2 is 2.14 bits per heavy atom. The molecule has 0 aromatic carbocycles. The van der Waals surface area contributed by atoms with Crippen LogP contribution in [0.25, 0.3) is 0 Å². The molecule has 0 aliphatic rings. The fraction of sp³-hybridized carbons (Fsp3) is 0.667. The van der Waals surface area contributed by atoms with E-state index < -0.39 is 0 Å². The second-order valence-corrected chi connectivity index (χ2v) is 8.92. The lowest BCUT2D eigenvalue weighted by Crippen LogP contribution is -2.02. The van der Waals surface area contributed by atoms with Crippen molar-refractivity contribution in [2.24, 2.45) is 0 Å². The van der Waals surface area contributed by atoms with E-state index in [1.807, 2.05) is 0 Å². The highest BCUT2D eigenvalue weighted by atomic mass is 79.9. The van der Waals surface area contributed by atoms with Gasteiger partial charge in [0.1, 0.15) is 0 Å². The lowest BCUT2D eigenvalue weighted by atomic mass is 10.3. The Kier molecular flexibility index (Phi) is 10.2. The molecule has 0 saturated carbocycles. The third-order valence-corrected chi connectivity index (χ3v) is 4.42. The van der Waals surface area contributed by atoms with Gasteiger partial charge in [0, 0.05) is 6.08 Å². The maximum atomic E-state index is 10.6. The summed E-state index contributed by atoms with van der Waals surface area (Å²) in [7, 11) is 0.905. The second kappa shape index (κ2) is 9.92. The van der Waals surface area contributed by atoms with Crippen molar-refractivity contribution >= 4 is 47.3 Å². The van der Waals surface area contributed by atoms with Gasteiger partial charge in [0.15, 0.2) is 0 Å². The minimum atomic E-state index is -0.326. The summed E-state index contributed by atoms with van der Waals surface area (Å²) in [6, 6.07) is 1.22. The summed E-state index contributed by atoms with van der Waals surface area (Å²) in [6.45, 7) is 3.84. The maximum absolute atomic E-state index is 10.6. The average molecular weight is 342 g/mol. The minimum Gasteiger partial charge on any atom is -0.463 e. The van der Waals surface area contributed by atoms with Gasteiger partial charge in [-0.2, -0.15) is 0 Å². The van der Waals surface area contributed by atoms with E-state index in [0.29, 0.717) is 9.97 Å². The van der Waals surface area contributed by atoms with Crippen molar-refractivity contribution in [3.8, 4) is 0 Å². The third kappa shape index (κ3) is 10.5. The molecule has 0 saturated heterocycles. The number of hydrogen-bond donors (Lipinski definition) is 0. The van der Waals surface area contributed by atoms with E-state index in [0.717, 1.165) is 22.4 Å². The van der Waals surface area contributed by atoms with Crippen LogP contribution >= 0.6 is 31.9 Å². The van der Waals surface area contributed by atoms with Crippen LogP contribution in [0.4, 0.5) is 0 Å². The summed E-state index contributed by atoms with van der Waals surface area (Å²) >= 11 is 6.87. The van der Waals surface area contributed by atoms with Gasteiger partial charge in [-0.25, -0.2) is 4.79 Å². The number of rotatable bonds is 8.